The minimum absolute atomic E-state index is 0.218. The quantitative estimate of drug-likeness (QED) is 0.756. The van der Waals surface area contributed by atoms with Crippen molar-refractivity contribution in [1.82, 2.24) is 10.2 Å². The zero-order valence-electron chi connectivity index (χ0n) is 11.1. The lowest BCUT2D eigenvalue weighted by Gasteiger charge is -2.23. The Morgan fingerprint density at radius 1 is 1.39 bits per heavy atom. The van der Waals surface area contributed by atoms with Gasteiger partial charge in [-0.2, -0.15) is 0 Å². The van der Waals surface area contributed by atoms with Crippen LogP contribution >= 0.6 is 0 Å². The highest BCUT2D eigenvalue weighted by molar-refractivity contribution is 5.83. The predicted octanol–water partition coefficient (Wildman–Crippen LogP) is 0.760. The Bertz CT molecular complexity index is 275. The van der Waals surface area contributed by atoms with Crippen LogP contribution in [0.25, 0.3) is 0 Å². The highest BCUT2D eigenvalue weighted by atomic mass is 16.5. The summed E-state index contributed by atoms with van der Waals surface area (Å²) in [4.78, 5) is 25.2. The highest BCUT2D eigenvalue weighted by Gasteiger charge is 2.23. The first-order valence-corrected chi connectivity index (χ1v) is 6.40. The average molecular weight is 258 g/mol. The van der Waals surface area contributed by atoms with Gasteiger partial charge in [0.2, 0.25) is 0 Å². The lowest BCUT2D eigenvalue weighted by molar-refractivity contribution is -0.143. The van der Waals surface area contributed by atoms with Gasteiger partial charge in [0, 0.05) is 19.7 Å². The Balaban J connectivity index is 2.50. The Kier molecular flexibility index (Phi) is 6.49. The van der Waals surface area contributed by atoms with Gasteiger partial charge in [0.05, 0.1) is 13.7 Å². The van der Waals surface area contributed by atoms with E-state index in [4.69, 9.17) is 4.74 Å². The van der Waals surface area contributed by atoms with Crippen molar-refractivity contribution in [3.05, 3.63) is 0 Å². The fourth-order valence-corrected chi connectivity index (χ4v) is 1.87. The van der Waals surface area contributed by atoms with Crippen molar-refractivity contribution in [1.29, 1.82) is 0 Å². The molecule has 0 aromatic carbocycles. The number of nitrogens with one attached hydrogen (secondary N) is 1. The van der Waals surface area contributed by atoms with Gasteiger partial charge >= 0.3 is 12.0 Å². The number of hydrogen-bond donors (Lipinski definition) is 1. The third kappa shape index (κ3) is 4.52. The SMILES string of the molecule is CCCC(NC(=O)N1CCCOCC1)C(=O)OC. The second-order valence-corrected chi connectivity index (χ2v) is 4.27. The summed E-state index contributed by atoms with van der Waals surface area (Å²) in [7, 11) is 1.33. The molecule has 0 aliphatic carbocycles. The minimum Gasteiger partial charge on any atom is -0.467 e. The lowest BCUT2D eigenvalue weighted by Crippen LogP contribution is -2.48. The summed E-state index contributed by atoms with van der Waals surface area (Å²) in [5.41, 5.74) is 0. The number of amides is 2. The summed E-state index contributed by atoms with van der Waals surface area (Å²) in [6.07, 6.45) is 2.22. The average Bonchev–Trinajstić information content (AvgIpc) is 2.66. The van der Waals surface area contributed by atoms with Crippen molar-refractivity contribution in [3.8, 4) is 0 Å². The van der Waals surface area contributed by atoms with Crippen LogP contribution in [0.5, 0.6) is 0 Å². The largest absolute Gasteiger partial charge is 0.467 e. The molecule has 1 unspecified atom stereocenters. The number of rotatable bonds is 4. The molecule has 1 heterocycles. The molecule has 1 rings (SSSR count). The topological polar surface area (TPSA) is 67.9 Å². The van der Waals surface area contributed by atoms with E-state index < -0.39 is 12.0 Å². The van der Waals surface area contributed by atoms with Crippen molar-refractivity contribution in [2.75, 3.05) is 33.4 Å². The number of ether oxygens (including phenoxy) is 2. The molecule has 0 spiro atoms. The normalized spacial score (nSPS) is 17.8. The summed E-state index contributed by atoms with van der Waals surface area (Å²) in [6.45, 7) is 4.41. The summed E-state index contributed by atoms with van der Waals surface area (Å²) >= 11 is 0. The molecule has 2 amide bonds. The molecule has 18 heavy (non-hydrogen) atoms. The Hall–Kier alpha value is -1.30. The number of carbonyl (C=O) groups excluding carboxylic acids is 2. The van der Waals surface area contributed by atoms with Crippen molar-refractivity contribution in [2.45, 2.75) is 32.2 Å². The van der Waals surface area contributed by atoms with Gasteiger partial charge in [-0.15, -0.1) is 0 Å². The van der Waals surface area contributed by atoms with E-state index in [0.717, 1.165) is 12.8 Å². The van der Waals surface area contributed by atoms with E-state index in [-0.39, 0.29) is 6.03 Å². The maximum Gasteiger partial charge on any atom is 0.328 e. The second-order valence-electron chi connectivity index (χ2n) is 4.27. The maximum absolute atomic E-state index is 12.0. The zero-order chi connectivity index (χ0) is 13.4. The number of urea groups is 1. The number of hydrogen-bond acceptors (Lipinski definition) is 4. The number of nitrogens with zero attached hydrogens (tertiary/aromatic N) is 1. The van der Waals surface area contributed by atoms with E-state index in [0.29, 0.717) is 32.7 Å². The molecule has 0 aromatic rings. The predicted molar refractivity (Wildman–Crippen MR) is 66.3 cm³/mol. The summed E-state index contributed by atoms with van der Waals surface area (Å²) in [5, 5.41) is 2.72. The molecule has 6 heteroatoms. The van der Waals surface area contributed by atoms with Crippen LogP contribution in [0, 0.1) is 0 Å². The van der Waals surface area contributed by atoms with Crippen molar-refractivity contribution >= 4 is 12.0 Å². The third-order valence-corrected chi connectivity index (χ3v) is 2.87. The molecule has 1 N–H and O–H groups in total. The zero-order valence-corrected chi connectivity index (χ0v) is 11.1. The molecule has 6 nitrogen and oxygen atoms in total. The van der Waals surface area contributed by atoms with Gasteiger partial charge in [-0.25, -0.2) is 9.59 Å². The molecule has 0 aromatic heterocycles. The van der Waals surface area contributed by atoms with E-state index in [1.54, 1.807) is 4.90 Å². The van der Waals surface area contributed by atoms with Gasteiger partial charge in [0.1, 0.15) is 6.04 Å². The van der Waals surface area contributed by atoms with E-state index in [2.05, 4.69) is 10.1 Å². The van der Waals surface area contributed by atoms with Gasteiger partial charge in [-0.05, 0) is 12.8 Å². The van der Waals surface area contributed by atoms with Crippen LogP contribution in [-0.2, 0) is 14.3 Å². The van der Waals surface area contributed by atoms with E-state index in [1.807, 2.05) is 6.92 Å². The fourth-order valence-electron chi connectivity index (χ4n) is 1.87. The van der Waals surface area contributed by atoms with Crippen molar-refractivity contribution in [3.63, 3.8) is 0 Å². The third-order valence-electron chi connectivity index (χ3n) is 2.87. The number of esters is 1. The van der Waals surface area contributed by atoms with E-state index in [9.17, 15) is 9.59 Å². The lowest BCUT2D eigenvalue weighted by atomic mass is 10.2. The molecular weight excluding hydrogens is 236 g/mol. The molecule has 1 aliphatic heterocycles. The molecule has 1 saturated heterocycles. The molecule has 0 radical (unpaired) electrons. The number of carbonyl (C=O) groups is 2. The maximum atomic E-state index is 12.0. The van der Waals surface area contributed by atoms with Gasteiger partial charge in [-0.1, -0.05) is 13.3 Å². The van der Waals surface area contributed by atoms with Crippen LogP contribution in [0.4, 0.5) is 4.79 Å². The minimum atomic E-state index is -0.559. The van der Waals surface area contributed by atoms with Crippen LogP contribution in [0.2, 0.25) is 0 Å². The van der Waals surface area contributed by atoms with E-state index >= 15 is 0 Å². The summed E-state index contributed by atoms with van der Waals surface area (Å²) in [6, 6.07) is -0.777. The van der Waals surface area contributed by atoms with Gasteiger partial charge < -0.3 is 19.7 Å². The molecule has 0 saturated carbocycles. The van der Waals surface area contributed by atoms with Crippen molar-refractivity contribution in [2.24, 2.45) is 0 Å². The van der Waals surface area contributed by atoms with Gasteiger partial charge in [0.15, 0.2) is 0 Å². The first kappa shape index (κ1) is 14.8. The monoisotopic (exact) mass is 258 g/mol. The first-order valence-electron chi connectivity index (χ1n) is 6.40. The van der Waals surface area contributed by atoms with Gasteiger partial charge in [-0.3, -0.25) is 0 Å². The van der Waals surface area contributed by atoms with E-state index in [1.165, 1.54) is 7.11 Å². The second kappa shape index (κ2) is 7.92. The highest BCUT2D eigenvalue weighted by Crippen LogP contribution is 2.03. The molecule has 0 bridgehead atoms. The summed E-state index contributed by atoms with van der Waals surface area (Å²) < 4.78 is 9.96. The Morgan fingerprint density at radius 2 is 2.17 bits per heavy atom. The molecule has 1 aliphatic rings. The van der Waals surface area contributed by atoms with Gasteiger partial charge in [0.25, 0.3) is 0 Å². The fraction of sp³-hybridized carbons (Fsp3) is 0.833. The standard InChI is InChI=1S/C12H22N2O4/c1-3-5-10(11(15)17-2)13-12(16)14-6-4-8-18-9-7-14/h10H,3-9H2,1-2H3,(H,13,16). The van der Waals surface area contributed by atoms with Crippen LogP contribution in [0.15, 0.2) is 0 Å². The van der Waals surface area contributed by atoms with Crippen molar-refractivity contribution < 1.29 is 19.1 Å². The smallest absolute Gasteiger partial charge is 0.328 e. The summed E-state index contributed by atoms with van der Waals surface area (Å²) in [5.74, 6) is -0.392. The Morgan fingerprint density at radius 3 is 2.83 bits per heavy atom. The molecule has 1 fully saturated rings. The van der Waals surface area contributed by atoms with Crippen LogP contribution in [0.1, 0.15) is 26.2 Å². The molecular formula is C12H22N2O4. The van der Waals surface area contributed by atoms with Crippen LogP contribution in [-0.4, -0.2) is 56.4 Å². The number of methoxy groups -OCH3 is 1. The Labute approximate surface area is 108 Å². The molecule has 104 valence electrons. The molecule has 1 atom stereocenters. The van der Waals surface area contributed by atoms with Crippen LogP contribution < -0.4 is 5.32 Å². The van der Waals surface area contributed by atoms with Crippen LogP contribution in [0.3, 0.4) is 0 Å². The first-order chi connectivity index (χ1) is 8.69.